The monoisotopic (exact) mass is 209 g/mol. The number of aromatic nitrogens is 3. The molecule has 0 amide bonds. The second-order valence-corrected chi connectivity index (χ2v) is 3.94. The summed E-state index contributed by atoms with van der Waals surface area (Å²) < 4.78 is 2.08. The van der Waals surface area contributed by atoms with E-state index < -0.39 is 0 Å². The summed E-state index contributed by atoms with van der Waals surface area (Å²) in [5.74, 6) is 1.04. The van der Waals surface area contributed by atoms with Gasteiger partial charge < -0.3 is 15.2 Å². The van der Waals surface area contributed by atoms with Gasteiger partial charge in [-0.1, -0.05) is 0 Å². The van der Waals surface area contributed by atoms with Crippen molar-refractivity contribution in [2.45, 2.75) is 38.9 Å². The predicted molar refractivity (Wildman–Crippen MR) is 58.4 cm³/mol. The van der Waals surface area contributed by atoms with Crippen LogP contribution in [0.1, 0.15) is 25.6 Å². The Morgan fingerprint density at radius 3 is 3.07 bits per heavy atom. The van der Waals surface area contributed by atoms with Crippen LogP contribution in [0, 0.1) is 0 Å². The third kappa shape index (κ3) is 2.76. The van der Waals surface area contributed by atoms with Crippen molar-refractivity contribution < 1.29 is 0 Å². The summed E-state index contributed by atoms with van der Waals surface area (Å²) in [6, 6.07) is 0.633. The van der Waals surface area contributed by atoms with Gasteiger partial charge in [-0.3, -0.25) is 0 Å². The van der Waals surface area contributed by atoms with Gasteiger partial charge in [0.05, 0.1) is 6.54 Å². The Labute approximate surface area is 90.3 Å². The highest BCUT2D eigenvalue weighted by atomic mass is 15.3. The molecule has 1 aliphatic heterocycles. The van der Waals surface area contributed by atoms with Crippen LogP contribution in [0.3, 0.4) is 0 Å². The standard InChI is InChI=1S/C10H19N5/c1-2-15-8-13-14-10(15)7-12-9-3-5-11-6-4-9/h8-9,11-12H,2-7H2,1H3. The summed E-state index contributed by atoms with van der Waals surface area (Å²) >= 11 is 0. The lowest BCUT2D eigenvalue weighted by molar-refractivity contribution is 0.380. The Morgan fingerprint density at radius 2 is 2.33 bits per heavy atom. The molecule has 0 unspecified atom stereocenters. The summed E-state index contributed by atoms with van der Waals surface area (Å²) in [7, 11) is 0. The highest BCUT2D eigenvalue weighted by Crippen LogP contribution is 2.03. The summed E-state index contributed by atoms with van der Waals surface area (Å²) in [5.41, 5.74) is 0. The molecule has 2 rings (SSSR count). The van der Waals surface area contributed by atoms with Gasteiger partial charge in [-0.25, -0.2) is 0 Å². The predicted octanol–water partition coefficient (Wildman–Crippen LogP) is 0.140. The van der Waals surface area contributed by atoms with Crippen LogP contribution >= 0.6 is 0 Å². The molecule has 0 atom stereocenters. The van der Waals surface area contributed by atoms with E-state index in [9.17, 15) is 0 Å². The highest BCUT2D eigenvalue weighted by molar-refractivity contribution is 4.86. The zero-order valence-corrected chi connectivity index (χ0v) is 9.24. The number of hydrogen-bond donors (Lipinski definition) is 2. The molecule has 1 aromatic heterocycles. The molecular weight excluding hydrogens is 190 g/mol. The second kappa shape index (κ2) is 5.23. The van der Waals surface area contributed by atoms with E-state index in [-0.39, 0.29) is 0 Å². The van der Waals surface area contributed by atoms with Crippen molar-refractivity contribution in [3.63, 3.8) is 0 Å². The summed E-state index contributed by atoms with van der Waals surface area (Å²) in [5, 5.41) is 14.9. The lowest BCUT2D eigenvalue weighted by Crippen LogP contribution is -2.39. The normalized spacial score (nSPS) is 18.2. The lowest BCUT2D eigenvalue weighted by atomic mass is 10.1. The molecule has 1 aromatic rings. The van der Waals surface area contributed by atoms with E-state index in [1.807, 2.05) is 0 Å². The van der Waals surface area contributed by atoms with Crippen molar-refractivity contribution in [1.82, 2.24) is 25.4 Å². The molecule has 0 saturated carbocycles. The average Bonchev–Trinajstić information content (AvgIpc) is 2.75. The quantitative estimate of drug-likeness (QED) is 0.740. The molecule has 84 valence electrons. The Kier molecular flexibility index (Phi) is 3.69. The fourth-order valence-corrected chi connectivity index (χ4v) is 1.94. The first-order valence-electron chi connectivity index (χ1n) is 5.71. The van der Waals surface area contributed by atoms with Gasteiger partial charge in [-0.15, -0.1) is 10.2 Å². The Hall–Kier alpha value is -0.940. The molecule has 2 heterocycles. The van der Waals surface area contributed by atoms with Crippen LogP contribution in [0.4, 0.5) is 0 Å². The minimum absolute atomic E-state index is 0.633. The van der Waals surface area contributed by atoms with Crippen LogP contribution in [0.5, 0.6) is 0 Å². The van der Waals surface area contributed by atoms with Crippen molar-refractivity contribution in [3.05, 3.63) is 12.2 Å². The van der Waals surface area contributed by atoms with Crippen LogP contribution in [0.15, 0.2) is 6.33 Å². The van der Waals surface area contributed by atoms with Gasteiger partial charge in [0.25, 0.3) is 0 Å². The van der Waals surface area contributed by atoms with E-state index in [0.29, 0.717) is 6.04 Å². The maximum Gasteiger partial charge on any atom is 0.146 e. The van der Waals surface area contributed by atoms with E-state index in [1.165, 1.54) is 12.8 Å². The molecular formula is C10H19N5. The van der Waals surface area contributed by atoms with Crippen LogP contribution in [0.25, 0.3) is 0 Å². The number of rotatable bonds is 4. The number of nitrogens with one attached hydrogen (secondary N) is 2. The minimum Gasteiger partial charge on any atom is -0.317 e. The van der Waals surface area contributed by atoms with Crippen molar-refractivity contribution in [1.29, 1.82) is 0 Å². The molecule has 0 aliphatic carbocycles. The van der Waals surface area contributed by atoms with Crippen molar-refractivity contribution in [2.24, 2.45) is 0 Å². The smallest absolute Gasteiger partial charge is 0.146 e. The molecule has 1 saturated heterocycles. The molecule has 5 heteroatoms. The first kappa shape index (κ1) is 10.6. The fraction of sp³-hybridized carbons (Fsp3) is 0.800. The zero-order chi connectivity index (χ0) is 10.5. The van der Waals surface area contributed by atoms with E-state index in [2.05, 4.69) is 32.3 Å². The van der Waals surface area contributed by atoms with E-state index in [1.54, 1.807) is 6.33 Å². The third-order valence-electron chi connectivity index (χ3n) is 2.92. The number of nitrogens with zero attached hydrogens (tertiary/aromatic N) is 3. The second-order valence-electron chi connectivity index (χ2n) is 3.94. The maximum absolute atomic E-state index is 4.11. The Balaban J connectivity index is 1.81. The Morgan fingerprint density at radius 1 is 1.53 bits per heavy atom. The van der Waals surface area contributed by atoms with Crippen LogP contribution in [-0.2, 0) is 13.1 Å². The van der Waals surface area contributed by atoms with Crippen molar-refractivity contribution in [3.8, 4) is 0 Å². The summed E-state index contributed by atoms with van der Waals surface area (Å²) in [4.78, 5) is 0. The van der Waals surface area contributed by atoms with E-state index >= 15 is 0 Å². The summed E-state index contributed by atoms with van der Waals surface area (Å²) in [6.45, 7) is 6.13. The van der Waals surface area contributed by atoms with Crippen molar-refractivity contribution >= 4 is 0 Å². The van der Waals surface area contributed by atoms with Crippen LogP contribution in [-0.4, -0.2) is 33.9 Å². The SMILES string of the molecule is CCn1cnnc1CNC1CCNCC1. The molecule has 0 aromatic carbocycles. The molecule has 5 nitrogen and oxygen atoms in total. The lowest BCUT2D eigenvalue weighted by Gasteiger charge is -2.23. The highest BCUT2D eigenvalue weighted by Gasteiger charge is 2.13. The average molecular weight is 209 g/mol. The number of hydrogen-bond acceptors (Lipinski definition) is 4. The van der Waals surface area contributed by atoms with Crippen LogP contribution in [0.2, 0.25) is 0 Å². The molecule has 0 spiro atoms. The molecule has 1 aliphatic rings. The molecule has 2 N–H and O–H groups in total. The molecule has 1 fully saturated rings. The van der Waals surface area contributed by atoms with Gasteiger partial charge >= 0.3 is 0 Å². The first-order chi connectivity index (χ1) is 7.40. The van der Waals surface area contributed by atoms with Gasteiger partial charge in [0, 0.05) is 12.6 Å². The van der Waals surface area contributed by atoms with E-state index in [0.717, 1.165) is 32.0 Å². The van der Waals surface area contributed by atoms with Gasteiger partial charge in [0.15, 0.2) is 0 Å². The van der Waals surface area contributed by atoms with Gasteiger partial charge in [-0.2, -0.15) is 0 Å². The number of piperidine rings is 1. The van der Waals surface area contributed by atoms with Crippen LogP contribution < -0.4 is 10.6 Å². The van der Waals surface area contributed by atoms with Gasteiger partial charge in [0.2, 0.25) is 0 Å². The third-order valence-corrected chi connectivity index (χ3v) is 2.92. The zero-order valence-electron chi connectivity index (χ0n) is 9.24. The van der Waals surface area contributed by atoms with E-state index in [4.69, 9.17) is 0 Å². The number of aryl methyl sites for hydroxylation is 1. The largest absolute Gasteiger partial charge is 0.317 e. The molecule has 15 heavy (non-hydrogen) atoms. The van der Waals surface area contributed by atoms with Crippen molar-refractivity contribution in [2.75, 3.05) is 13.1 Å². The topological polar surface area (TPSA) is 54.8 Å². The van der Waals surface area contributed by atoms with Gasteiger partial charge in [0.1, 0.15) is 12.2 Å². The Bertz CT molecular complexity index is 290. The minimum atomic E-state index is 0.633. The first-order valence-corrected chi connectivity index (χ1v) is 5.71. The molecule has 0 radical (unpaired) electrons. The molecule has 0 bridgehead atoms. The summed E-state index contributed by atoms with van der Waals surface area (Å²) in [6.07, 6.45) is 4.21. The fourth-order valence-electron chi connectivity index (χ4n) is 1.94. The maximum atomic E-state index is 4.11. The van der Waals surface area contributed by atoms with Gasteiger partial charge in [-0.05, 0) is 32.9 Å².